The Balaban J connectivity index is 2.42. The molecule has 0 bridgehead atoms. The van der Waals surface area contributed by atoms with E-state index in [4.69, 9.17) is 6.42 Å². The van der Waals surface area contributed by atoms with Crippen molar-refractivity contribution in [1.82, 2.24) is 10.6 Å². The van der Waals surface area contributed by atoms with E-state index in [2.05, 4.69) is 23.5 Å². The van der Waals surface area contributed by atoms with E-state index < -0.39 is 0 Å². The van der Waals surface area contributed by atoms with Crippen molar-refractivity contribution < 1.29 is 4.79 Å². The number of terminal acetylenes is 1. The maximum Gasteiger partial charge on any atom is 0.238 e. The molecule has 3 unspecified atom stereocenters. The number of nitrogens with one attached hydrogen (secondary N) is 2. The number of carbonyl (C=O) groups is 1. The molecule has 0 aromatic rings. The van der Waals surface area contributed by atoms with Gasteiger partial charge >= 0.3 is 0 Å². The molecule has 84 valence electrons. The first kappa shape index (κ1) is 12.1. The predicted octanol–water partition coefficient (Wildman–Crippen LogP) is 0.902. The van der Waals surface area contributed by atoms with Crippen LogP contribution in [0.4, 0.5) is 0 Å². The summed E-state index contributed by atoms with van der Waals surface area (Å²) in [6, 6.07) is -0.187. The molecule has 0 radical (unpaired) electrons. The minimum absolute atomic E-state index is 0.0475. The normalized spacial score (nSPS) is 27.8. The topological polar surface area (TPSA) is 41.1 Å². The van der Waals surface area contributed by atoms with Crippen molar-refractivity contribution in [3.05, 3.63) is 0 Å². The first-order chi connectivity index (χ1) is 7.17. The van der Waals surface area contributed by atoms with Gasteiger partial charge in [-0.25, -0.2) is 0 Å². The lowest BCUT2D eigenvalue weighted by Gasteiger charge is -2.28. The van der Waals surface area contributed by atoms with Gasteiger partial charge < -0.3 is 10.6 Å². The molecule has 1 heterocycles. The van der Waals surface area contributed by atoms with E-state index >= 15 is 0 Å². The Hall–Kier alpha value is -1.01. The third kappa shape index (κ3) is 3.56. The van der Waals surface area contributed by atoms with Gasteiger partial charge in [-0.05, 0) is 31.7 Å². The molecule has 0 aromatic heterocycles. The van der Waals surface area contributed by atoms with E-state index in [1.165, 1.54) is 0 Å². The molecular formula is C12H20N2O. The summed E-state index contributed by atoms with van der Waals surface area (Å²) >= 11 is 0. The van der Waals surface area contributed by atoms with Crippen LogP contribution in [0.15, 0.2) is 0 Å². The quantitative estimate of drug-likeness (QED) is 0.677. The Labute approximate surface area is 92.0 Å². The fourth-order valence-electron chi connectivity index (χ4n) is 1.84. The maximum atomic E-state index is 11.8. The highest BCUT2D eigenvalue weighted by Gasteiger charge is 2.25. The zero-order valence-electron chi connectivity index (χ0n) is 9.55. The van der Waals surface area contributed by atoms with Crippen molar-refractivity contribution >= 4 is 5.91 Å². The highest BCUT2D eigenvalue weighted by molar-refractivity contribution is 5.82. The summed E-state index contributed by atoms with van der Waals surface area (Å²) in [7, 11) is 0. The third-order valence-corrected chi connectivity index (χ3v) is 2.91. The van der Waals surface area contributed by atoms with Crippen LogP contribution >= 0.6 is 0 Å². The minimum atomic E-state index is -0.128. The molecule has 1 fully saturated rings. The van der Waals surface area contributed by atoms with Crippen LogP contribution in [-0.2, 0) is 4.79 Å². The molecule has 15 heavy (non-hydrogen) atoms. The fourth-order valence-corrected chi connectivity index (χ4v) is 1.84. The second kappa shape index (κ2) is 5.77. The van der Waals surface area contributed by atoms with Crippen LogP contribution in [0.2, 0.25) is 0 Å². The Morgan fingerprint density at radius 1 is 1.73 bits per heavy atom. The summed E-state index contributed by atoms with van der Waals surface area (Å²) < 4.78 is 0. The van der Waals surface area contributed by atoms with Crippen LogP contribution in [0, 0.1) is 18.3 Å². The van der Waals surface area contributed by atoms with E-state index in [9.17, 15) is 4.79 Å². The molecule has 1 aliphatic rings. The third-order valence-electron chi connectivity index (χ3n) is 2.91. The molecule has 0 aromatic carbocycles. The summed E-state index contributed by atoms with van der Waals surface area (Å²) in [6.07, 6.45) is 8.14. The minimum Gasteiger partial charge on any atom is -0.341 e. The number of hydrogen-bond donors (Lipinski definition) is 2. The number of carbonyl (C=O) groups excluding carboxylic acids is 1. The van der Waals surface area contributed by atoms with Crippen LogP contribution in [0.1, 0.15) is 33.1 Å². The molecule has 1 rings (SSSR count). The molecule has 1 saturated heterocycles. The Morgan fingerprint density at radius 3 is 3.00 bits per heavy atom. The van der Waals surface area contributed by atoms with Crippen molar-refractivity contribution in [1.29, 1.82) is 0 Å². The van der Waals surface area contributed by atoms with E-state index in [1.807, 2.05) is 6.92 Å². The smallest absolute Gasteiger partial charge is 0.238 e. The lowest BCUT2D eigenvalue weighted by molar-refractivity contribution is -0.124. The lowest BCUT2D eigenvalue weighted by atomic mass is 9.94. The highest BCUT2D eigenvalue weighted by Crippen LogP contribution is 2.15. The molecule has 1 amide bonds. The van der Waals surface area contributed by atoms with Crippen molar-refractivity contribution in [2.45, 2.75) is 45.2 Å². The summed E-state index contributed by atoms with van der Waals surface area (Å²) in [5, 5.41) is 6.09. The van der Waals surface area contributed by atoms with Crippen LogP contribution in [0.3, 0.4) is 0 Å². The largest absolute Gasteiger partial charge is 0.341 e. The Morgan fingerprint density at radius 2 is 2.47 bits per heavy atom. The Kier molecular flexibility index (Phi) is 4.64. The van der Waals surface area contributed by atoms with E-state index in [0.29, 0.717) is 5.92 Å². The average Bonchev–Trinajstić information content (AvgIpc) is 2.25. The molecular weight excluding hydrogens is 188 g/mol. The van der Waals surface area contributed by atoms with Gasteiger partial charge in [0, 0.05) is 0 Å². The SMILES string of the molecule is C#CC(CC)NC(=O)C1CC(C)CCN1. The van der Waals surface area contributed by atoms with Crippen molar-refractivity contribution in [2.24, 2.45) is 5.92 Å². The van der Waals surface area contributed by atoms with Crippen LogP contribution in [0.25, 0.3) is 0 Å². The lowest BCUT2D eigenvalue weighted by Crippen LogP contribution is -2.50. The van der Waals surface area contributed by atoms with Crippen molar-refractivity contribution in [3.8, 4) is 12.3 Å². The van der Waals surface area contributed by atoms with Gasteiger partial charge in [-0.3, -0.25) is 4.79 Å². The number of amides is 1. The zero-order valence-corrected chi connectivity index (χ0v) is 9.55. The molecule has 3 nitrogen and oxygen atoms in total. The average molecular weight is 208 g/mol. The van der Waals surface area contributed by atoms with Crippen LogP contribution < -0.4 is 10.6 Å². The van der Waals surface area contributed by atoms with Gasteiger partial charge in [-0.1, -0.05) is 19.8 Å². The van der Waals surface area contributed by atoms with Gasteiger partial charge in [0.05, 0.1) is 12.1 Å². The second-order valence-electron chi connectivity index (χ2n) is 4.27. The molecule has 1 aliphatic heterocycles. The van der Waals surface area contributed by atoms with Crippen molar-refractivity contribution in [3.63, 3.8) is 0 Å². The van der Waals surface area contributed by atoms with E-state index in [0.717, 1.165) is 25.8 Å². The van der Waals surface area contributed by atoms with E-state index in [-0.39, 0.29) is 18.0 Å². The zero-order chi connectivity index (χ0) is 11.3. The molecule has 3 atom stereocenters. The van der Waals surface area contributed by atoms with Crippen molar-refractivity contribution in [2.75, 3.05) is 6.54 Å². The summed E-state index contributed by atoms with van der Waals surface area (Å²) in [5.74, 6) is 3.24. The maximum absolute atomic E-state index is 11.8. The first-order valence-electron chi connectivity index (χ1n) is 5.67. The highest BCUT2D eigenvalue weighted by atomic mass is 16.2. The van der Waals surface area contributed by atoms with Gasteiger partial charge in [-0.15, -0.1) is 6.42 Å². The number of hydrogen-bond acceptors (Lipinski definition) is 2. The van der Waals surface area contributed by atoms with Gasteiger partial charge in [0.25, 0.3) is 0 Å². The van der Waals surface area contributed by atoms with Gasteiger partial charge in [0.2, 0.25) is 5.91 Å². The summed E-state index contributed by atoms with van der Waals surface area (Å²) in [4.78, 5) is 11.8. The Bertz CT molecular complexity index is 257. The predicted molar refractivity (Wildman–Crippen MR) is 61.2 cm³/mol. The standard InChI is InChI=1S/C12H20N2O/c1-4-10(5-2)14-12(15)11-8-9(3)6-7-13-11/h1,9-11,13H,5-8H2,2-3H3,(H,14,15). The van der Waals surface area contributed by atoms with Crippen LogP contribution in [-0.4, -0.2) is 24.5 Å². The first-order valence-corrected chi connectivity index (χ1v) is 5.67. The molecule has 2 N–H and O–H groups in total. The summed E-state index contributed by atoms with van der Waals surface area (Å²) in [5.41, 5.74) is 0. The number of rotatable bonds is 3. The fraction of sp³-hybridized carbons (Fsp3) is 0.750. The summed E-state index contributed by atoms with van der Waals surface area (Å²) in [6.45, 7) is 5.08. The molecule has 0 spiro atoms. The van der Waals surface area contributed by atoms with Gasteiger partial charge in [-0.2, -0.15) is 0 Å². The van der Waals surface area contributed by atoms with Crippen LogP contribution in [0.5, 0.6) is 0 Å². The molecule has 3 heteroatoms. The monoisotopic (exact) mass is 208 g/mol. The second-order valence-corrected chi connectivity index (χ2v) is 4.27. The van der Waals surface area contributed by atoms with Gasteiger partial charge in [0.15, 0.2) is 0 Å². The molecule has 0 saturated carbocycles. The van der Waals surface area contributed by atoms with E-state index in [1.54, 1.807) is 0 Å². The molecule has 0 aliphatic carbocycles. The number of piperidine rings is 1. The van der Waals surface area contributed by atoms with Gasteiger partial charge in [0.1, 0.15) is 0 Å².